The van der Waals surface area contributed by atoms with Gasteiger partial charge in [0.05, 0.1) is 11.0 Å². The minimum absolute atomic E-state index is 0.0255. The summed E-state index contributed by atoms with van der Waals surface area (Å²) in [5.41, 5.74) is 0. The number of piperidine rings is 1. The minimum Gasteiger partial charge on any atom is -0.315 e. The number of hydrogen-bond acceptors (Lipinski definition) is 5. The Bertz CT molecular complexity index is 438. The molecule has 1 saturated heterocycles. The minimum atomic E-state index is -3.38. The van der Waals surface area contributed by atoms with Gasteiger partial charge in [-0.1, -0.05) is 0 Å². The Balaban J connectivity index is 2.62. The fourth-order valence-electron chi connectivity index (χ4n) is 1.75. The number of hydrogen-bond donors (Lipinski definition) is 1. The van der Waals surface area contributed by atoms with Crippen molar-refractivity contribution >= 4 is 19.9 Å². The van der Waals surface area contributed by atoms with Crippen LogP contribution in [0.5, 0.6) is 0 Å². The quantitative estimate of drug-likeness (QED) is 0.703. The van der Waals surface area contributed by atoms with Crippen LogP contribution in [0.4, 0.5) is 0 Å². The second-order valence-corrected chi connectivity index (χ2v) is 9.04. The van der Waals surface area contributed by atoms with Crippen molar-refractivity contribution in [1.29, 1.82) is 0 Å². The van der Waals surface area contributed by atoms with Crippen LogP contribution in [0.25, 0.3) is 0 Å². The van der Waals surface area contributed by atoms with Crippen molar-refractivity contribution in [3.8, 4) is 0 Å². The smallest absolute Gasteiger partial charge is 0.218 e. The van der Waals surface area contributed by atoms with Crippen LogP contribution in [0.1, 0.15) is 12.8 Å². The highest BCUT2D eigenvalue weighted by Crippen LogP contribution is 2.15. The van der Waals surface area contributed by atoms with Gasteiger partial charge >= 0.3 is 0 Å². The summed E-state index contributed by atoms with van der Waals surface area (Å²) in [5.74, 6) is -0.136. The number of sulfonamides is 1. The van der Waals surface area contributed by atoms with Crippen LogP contribution in [0, 0.1) is 0 Å². The lowest BCUT2D eigenvalue weighted by atomic mass is 10.2. The van der Waals surface area contributed by atoms with Gasteiger partial charge < -0.3 is 5.32 Å². The van der Waals surface area contributed by atoms with Crippen molar-refractivity contribution in [2.75, 3.05) is 38.7 Å². The van der Waals surface area contributed by atoms with Crippen LogP contribution >= 0.6 is 0 Å². The molecule has 0 aromatic rings. The lowest BCUT2D eigenvalue weighted by Crippen LogP contribution is -2.45. The molecule has 0 aromatic carbocycles. The first-order valence-electron chi connectivity index (χ1n) is 5.57. The number of sulfone groups is 1. The summed E-state index contributed by atoms with van der Waals surface area (Å²) in [7, 11) is -5.07. The van der Waals surface area contributed by atoms with Gasteiger partial charge in [-0.05, 0) is 19.4 Å². The summed E-state index contributed by atoms with van der Waals surface area (Å²) >= 11 is 0. The van der Waals surface area contributed by atoms with Gasteiger partial charge in [-0.3, -0.25) is 0 Å². The van der Waals surface area contributed by atoms with Crippen molar-refractivity contribution in [1.82, 2.24) is 9.62 Å². The van der Waals surface area contributed by atoms with E-state index in [1.54, 1.807) is 0 Å². The van der Waals surface area contributed by atoms with Gasteiger partial charge in [-0.2, -0.15) is 0 Å². The molecular formula is C9H20N2O4S2. The summed E-state index contributed by atoms with van der Waals surface area (Å²) in [4.78, 5) is 0. The van der Waals surface area contributed by atoms with Gasteiger partial charge in [0.1, 0.15) is 9.84 Å². The molecule has 1 aliphatic heterocycles. The standard InChI is InChI=1S/C9H20N2O4S2/c1-11(6-7-16(2,12)13)17(14,15)9-4-3-5-10-8-9/h9-10H,3-8H2,1-2H3. The maximum absolute atomic E-state index is 12.1. The second-order valence-electron chi connectivity index (χ2n) is 4.46. The van der Waals surface area contributed by atoms with E-state index < -0.39 is 25.1 Å². The van der Waals surface area contributed by atoms with Gasteiger partial charge in [0.15, 0.2) is 0 Å². The van der Waals surface area contributed by atoms with E-state index in [1.165, 1.54) is 7.05 Å². The van der Waals surface area contributed by atoms with E-state index in [4.69, 9.17) is 0 Å². The van der Waals surface area contributed by atoms with Crippen molar-refractivity contribution in [3.63, 3.8) is 0 Å². The summed E-state index contributed by atoms with van der Waals surface area (Å²) < 4.78 is 47.4. The fraction of sp³-hybridized carbons (Fsp3) is 1.00. The van der Waals surface area contributed by atoms with Gasteiger partial charge in [-0.15, -0.1) is 0 Å². The zero-order valence-electron chi connectivity index (χ0n) is 10.2. The Morgan fingerprint density at radius 1 is 1.29 bits per heavy atom. The monoisotopic (exact) mass is 284 g/mol. The van der Waals surface area contributed by atoms with Crippen LogP contribution < -0.4 is 5.32 Å². The maximum atomic E-state index is 12.1. The Hall–Kier alpha value is -0.180. The Labute approximate surface area is 103 Å². The normalized spacial score (nSPS) is 22.9. The molecule has 1 fully saturated rings. The average Bonchev–Trinajstić information content (AvgIpc) is 2.26. The third-order valence-electron chi connectivity index (χ3n) is 2.88. The number of nitrogens with zero attached hydrogens (tertiary/aromatic N) is 1. The lowest BCUT2D eigenvalue weighted by Gasteiger charge is -2.27. The van der Waals surface area contributed by atoms with E-state index in [0.29, 0.717) is 13.0 Å². The third kappa shape index (κ3) is 4.53. The van der Waals surface area contributed by atoms with Gasteiger partial charge in [-0.25, -0.2) is 21.1 Å². The highest BCUT2D eigenvalue weighted by Gasteiger charge is 2.30. The van der Waals surface area contributed by atoms with Crippen LogP contribution in [-0.4, -0.2) is 65.1 Å². The highest BCUT2D eigenvalue weighted by molar-refractivity contribution is 7.91. The SMILES string of the molecule is CN(CCS(C)(=O)=O)S(=O)(=O)C1CCCNC1. The molecule has 0 amide bonds. The number of rotatable bonds is 5. The van der Waals surface area contributed by atoms with Crippen molar-refractivity contribution in [2.24, 2.45) is 0 Å². The first kappa shape index (κ1) is 14.9. The van der Waals surface area contributed by atoms with Gasteiger partial charge in [0, 0.05) is 26.4 Å². The molecule has 1 unspecified atom stereocenters. The Kier molecular flexibility index (Phi) is 4.94. The van der Waals surface area contributed by atoms with Crippen molar-refractivity contribution < 1.29 is 16.8 Å². The molecule has 0 radical (unpaired) electrons. The van der Waals surface area contributed by atoms with Gasteiger partial charge in [0.25, 0.3) is 0 Å². The molecule has 1 aliphatic rings. The Morgan fingerprint density at radius 3 is 2.41 bits per heavy atom. The van der Waals surface area contributed by atoms with E-state index >= 15 is 0 Å². The fourth-order valence-corrected chi connectivity index (χ4v) is 4.12. The number of nitrogens with one attached hydrogen (secondary N) is 1. The predicted octanol–water partition coefficient (Wildman–Crippen LogP) is -0.955. The summed E-state index contributed by atoms with van der Waals surface area (Å²) in [6.45, 7) is 1.32. The Morgan fingerprint density at radius 2 is 1.94 bits per heavy atom. The molecule has 1 N–H and O–H groups in total. The van der Waals surface area contributed by atoms with E-state index in [0.717, 1.165) is 23.5 Å². The molecule has 1 heterocycles. The van der Waals surface area contributed by atoms with Crippen molar-refractivity contribution in [2.45, 2.75) is 18.1 Å². The lowest BCUT2D eigenvalue weighted by molar-refractivity contribution is 0.441. The molecule has 0 saturated carbocycles. The van der Waals surface area contributed by atoms with Crippen LogP contribution in [0.3, 0.4) is 0 Å². The van der Waals surface area contributed by atoms with E-state index in [1.807, 2.05) is 0 Å². The molecule has 8 heteroatoms. The van der Waals surface area contributed by atoms with Crippen LogP contribution in [-0.2, 0) is 19.9 Å². The van der Waals surface area contributed by atoms with Crippen molar-refractivity contribution in [3.05, 3.63) is 0 Å². The predicted molar refractivity (Wildman–Crippen MR) is 67.2 cm³/mol. The molecule has 102 valence electrons. The van der Waals surface area contributed by atoms with E-state index in [2.05, 4.69) is 5.32 Å². The molecule has 0 bridgehead atoms. The van der Waals surface area contributed by atoms with Gasteiger partial charge in [0.2, 0.25) is 10.0 Å². The first-order valence-corrected chi connectivity index (χ1v) is 9.13. The molecule has 1 rings (SSSR count). The van der Waals surface area contributed by atoms with E-state index in [-0.39, 0.29) is 12.3 Å². The first-order chi connectivity index (χ1) is 7.73. The summed E-state index contributed by atoms with van der Waals surface area (Å²) in [6, 6.07) is 0. The summed E-state index contributed by atoms with van der Waals surface area (Å²) in [5, 5.41) is 2.61. The zero-order chi connectivity index (χ0) is 13.1. The molecule has 0 aromatic heterocycles. The maximum Gasteiger partial charge on any atom is 0.218 e. The van der Waals surface area contributed by atoms with Crippen LogP contribution in [0.2, 0.25) is 0 Å². The molecule has 17 heavy (non-hydrogen) atoms. The third-order valence-corrected chi connectivity index (χ3v) is 6.10. The molecular weight excluding hydrogens is 264 g/mol. The largest absolute Gasteiger partial charge is 0.315 e. The highest BCUT2D eigenvalue weighted by atomic mass is 32.2. The zero-order valence-corrected chi connectivity index (χ0v) is 11.8. The topological polar surface area (TPSA) is 83.6 Å². The molecule has 6 nitrogen and oxygen atoms in total. The molecule has 0 spiro atoms. The summed E-state index contributed by atoms with van der Waals surface area (Å²) in [6.07, 6.45) is 2.58. The molecule has 1 atom stereocenters. The van der Waals surface area contributed by atoms with E-state index in [9.17, 15) is 16.8 Å². The van der Waals surface area contributed by atoms with Crippen LogP contribution in [0.15, 0.2) is 0 Å². The molecule has 0 aliphatic carbocycles. The average molecular weight is 284 g/mol. The second kappa shape index (κ2) is 5.64.